The van der Waals surface area contributed by atoms with Crippen LogP contribution in [0.15, 0.2) is 42.6 Å². The molecule has 1 saturated carbocycles. The Kier molecular flexibility index (Phi) is 7.96. The van der Waals surface area contributed by atoms with Gasteiger partial charge in [0.2, 0.25) is 0 Å². The van der Waals surface area contributed by atoms with E-state index in [4.69, 9.17) is 0 Å². The van der Waals surface area contributed by atoms with Gasteiger partial charge in [-0.25, -0.2) is 0 Å². The number of pyridine rings is 1. The Morgan fingerprint density at radius 3 is 2.77 bits per heavy atom. The van der Waals surface area contributed by atoms with Gasteiger partial charge in [-0.3, -0.25) is 9.78 Å². The van der Waals surface area contributed by atoms with E-state index in [1.54, 1.807) is 6.20 Å². The van der Waals surface area contributed by atoms with E-state index in [0.29, 0.717) is 11.5 Å². The van der Waals surface area contributed by atoms with Gasteiger partial charge < -0.3 is 10.4 Å². The molecule has 0 aliphatic heterocycles. The van der Waals surface area contributed by atoms with Gasteiger partial charge in [0, 0.05) is 11.8 Å². The number of hydrogen-bond donors (Lipinski definition) is 2. The van der Waals surface area contributed by atoms with Crippen LogP contribution in [0, 0.1) is 12.8 Å². The lowest BCUT2D eigenvalue weighted by Crippen LogP contribution is -2.39. The molecule has 2 aromatic rings. The summed E-state index contributed by atoms with van der Waals surface area (Å²) in [6.07, 6.45) is 9.50. The van der Waals surface area contributed by atoms with Crippen molar-refractivity contribution in [2.75, 3.05) is 5.32 Å². The summed E-state index contributed by atoms with van der Waals surface area (Å²) in [5.74, 6) is 0.323. The zero-order valence-corrected chi connectivity index (χ0v) is 17.9. The number of aryl methyl sites for hydroxylation is 1. The number of nitrogens with zero attached hydrogens (tertiary/aromatic N) is 1. The summed E-state index contributed by atoms with van der Waals surface area (Å²) in [6, 6.07) is 9.71. The molecule has 0 spiro atoms. The minimum absolute atomic E-state index is 0. The summed E-state index contributed by atoms with van der Waals surface area (Å²) < 4.78 is 0. The van der Waals surface area contributed by atoms with Gasteiger partial charge in [-0.05, 0) is 79.3 Å². The Labute approximate surface area is 181 Å². The lowest BCUT2D eigenvalue weighted by Gasteiger charge is -2.43. The molecule has 1 amide bonds. The molecule has 3 unspecified atom stereocenters. The van der Waals surface area contributed by atoms with Crippen LogP contribution in [0.25, 0.3) is 6.08 Å². The van der Waals surface area contributed by atoms with Crippen molar-refractivity contribution in [3.63, 3.8) is 0 Å². The molecule has 0 saturated heterocycles. The molecular weight excluding hydrogens is 372 g/mol. The van der Waals surface area contributed by atoms with Crippen molar-refractivity contribution in [3.8, 4) is 0 Å². The summed E-state index contributed by atoms with van der Waals surface area (Å²) in [5.41, 5.74) is 4.65. The number of nitrogens with one attached hydrogen (secondary N) is 1. The third-order valence-corrected chi connectivity index (χ3v) is 6.36. The summed E-state index contributed by atoms with van der Waals surface area (Å²) in [7, 11) is 0. The van der Waals surface area contributed by atoms with Gasteiger partial charge in [0.1, 0.15) is 0 Å². The topological polar surface area (TPSA) is 62.2 Å². The average Bonchev–Trinajstić information content (AvgIpc) is 2.87. The second-order valence-corrected chi connectivity index (χ2v) is 8.07. The molecule has 4 rings (SSSR count). The molecule has 4 nitrogen and oxygen atoms in total. The van der Waals surface area contributed by atoms with Crippen LogP contribution >= 0.6 is 0 Å². The standard InChI is InChI=1S/C23H26N2O2.C2H6.CH4/c1-15-21(7-4-12-24-15)25-22(27)17-8-9-20-16(13-17)5-3-6-18-14-19(26)10-11-23(18,20)2;1-2;/h3-5,7-9,12-13,18-19,26H,6,10-11,14H2,1-2H3,(H,25,27);1-2H3;1H4. The van der Waals surface area contributed by atoms with Crippen LogP contribution in [0.3, 0.4) is 0 Å². The van der Waals surface area contributed by atoms with Crippen LogP contribution in [0.4, 0.5) is 5.69 Å². The first-order valence-corrected chi connectivity index (χ1v) is 10.7. The third kappa shape index (κ3) is 4.65. The van der Waals surface area contributed by atoms with Gasteiger partial charge in [-0.2, -0.15) is 0 Å². The Morgan fingerprint density at radius 1 is 1.27 bits per heavy atom. The van der Waals surface area contributed by atoms with Crippen molar-refractivity contribution >= 4 is 17.7 Å². The second-order valence-electron chi connectivity index (χ2n) is 8.07. The van der Waals surface area contributed by atoms with Crippen molar-refractivity contribution in [2.24, 2.45) is 5.92 Å². The maximum Gasteiger partial charge on any atom is 0.255 e. The van der Waals surface area contributed by atoms with E-state index in [1.807, 2.05) is 45.0 Å². The van der Waals surface area contributed by atoms with Crippen LogP contribution in [-0.4, -0.2) is 22.1 Å². The first kappa shape index (κ1) is 23.8. The fourth-order valence-corrected chi connectivity index (χ4v) is 4.62. The second kappa shape index (κ2) is 10.0. The third-order valence-electron chi connectivity index (χ3n) is 6.36. The van der Waals surface area contributed by atoms with Crippen molar-refractivity contribution in [2.45, 2.75) is 72.3 Å². The summed E-state index contributed by atoms with van der Waals surface area (Å²) in [5, 5.41) is 13.1. The highest BCUT2D eigenvalue weighted by molar-refractivity contribution is 6.05. The Hall–Kier alpha value is -2.46. The number of aromatic nitrogens is 1. The Morgan fingerprint density at radius 2 is 2.03 bits per heavy atom. The van der Waals surface area contributed by atoms with Crippen LogP contribution in [0.1, 0.15) is 81.1 Å². The lowest BCUT2D eigenvalue weighted by molar-refractivity contribution is 0.0583. The predicted octanol–water partition coefficient (Wildman–Crippen LogP) is 6.14. The maximum atomic E-state index is 12.7. The van der Waals surface area contributed by atoms with Crippen LogP contribution in [0.5, 0.6) is 0 Å². The molecule has 162 valence electrons. The molecule has 2 aliphatic carbocycles. The fourth-order valence-electron chi connectivity index (χ4n) is 4.62. The van der Waals surface area contributed by atoms with Gasteiger partial charge >= 0.3 is 0 Å². The highest BCUT2D eigenvalue weighted by atomic mass is 16.3. The smallest absolute Gasteiger partial charge is 0.255 e. The summed E-state index contributed by atoms with van der Waals surface area (Å²) in [6.45, 7) is 8.20. The number of fused-ring (bicyclic) bond motifs is 3. The van der Waals surface area contributed by atoms with Gasteiger partial charge in [0.05, 0.1) is 17.5 Å². The van der Waals surface area contributed by atoms with E-state index in [0.717, 1.165) is 42.6 Å². The van der Waals surface area contributed by atoms with Gasteiger partial charge in [-0.15, -0.1) is 0 Å². The number of carbonyl (C=O) groups is 1. The first-order chi connectivity index (χ1) is 14.0. The number of anilines is 1. The number of benzene rings is 1. The minimum Gasteiger partial charge on any atom is -0.393 e. The molecule has 1 aromatic heterocycles. The summed E-state index contributed by atoms with van der Waals surface area (Å²) >= 11 is 0. The maximum absolute atomic E-state index is 12.7. The molecule has 1 fully saturated rings. The molecule has 30 heavy (non-hydrogen) atoms. The van der Waals surface area contributed by atoms with Crippen molar-refractivity contribution in [3.05, 3.63) is 65.0 Å². The molecule has 1 heterocycles. The van der Waals surface area contributed by atoms with Crippen molar-refractivity contribution in [1.82, 2.24) is 4.98 Å². The number of hydrogen-bond acceptors (Lipinski definition) is 3. The van der Waals surface area contributed by atoms with Crippen LogP contribution < -0.4 is 5.32 Å². The Bertz CT molecular complexity index is 906. The van der Waals surface area contributed by atoms with Crippen molar-refractivity contribution in [1.29, 1.82) is 0 Å². The molecular formula is C26H36N2O2. The Balaban J connectivity index is 0.00000104. The monoisotopic (exact) mass is 408 g/mol. The van der Waals surface area contributed by atoms with E-state index in [9.17, 15) is 9.90 Å². The fraction of sp³-hybridized carbons (Fsp3) is 0.462. The number of aliphatic hydroxyl groups is 1. The van der Waals surface area contributed by atoms with E-state index in [1.165, 1.54) is 5.56 Å². The van der Waals surface area contributed by atoms with E-state index < -0.39 is 0 Å². The summed E-state index contributed by atoms with van der Waals surface area (Å²) in [4.78, 5) is 17.0. The highest BCUT2D eigenvalue weighted by Crippen LogP contribution is 2.48. The molecule has 1 aromatic carbocycles. The SMILES string of the molecule is C.CC.Cc1ncccc1NC(=O)c1ccc2c(c1)C=CCC1CC(O)CCC21C. The van der Waals surface area contributed by atoms with E-state index in [-0.39, 0.29) is 24.9 Å². The van der Waals surface area contributed by atoms with Gasteiger partial charge in [0.15, 0.2) is 0 Å². The molecule has 0 radical (unpaired) electrons. The molecule has 2 N–H and O–H groups in total. The van der Waals surface area contributed by atoms with Gasteiger partial charge in [0.25, 0.3) is 5.91 Å². The predicted molar refractivity (Wildman–Crippen MR) is 126 cm³/mol. The van der Waals surface area contributed by atoms with Crippen LogP contribution in [-0.2, 0) is 5.41 Å². The highest BCUT2D eigenvalue weighted by Gasteiger charge is 2.42. The zero-order chi connectivity index (χ0) is 21.0. The molecule has 4 heteroatoms. The number of allylic oxidation sites excluding steroid dienone is 1. The van der Waals surface area contributed by atoms with Crippen molar-refractivity contribution < 1.29 is 9.90 Å². The number of rotatable bonds is 2. The zero-order valence-electron chi connectivity index (χ0n) is 17.9. The molecule has 0 bridgehead atoms. The average molecular weight is 409 g/mol. The van der Waals surface area contributed by atoms with E-state index >= 15 is 0 Å². The molecule has 3 atom stereocenters. The number of amides is 1. The quantitative estimate of drug-likeness (QED) is 0.627. The number of carbonyl (C=O) groups excluding carboxylic acids is 1. The van der Waals surface area contributed by atoms with Gasteiger partial charge in [-0.1, -0.05) is 46.4 Å². The molecule has 2 aliphatic rings. The normalized spacial score (nSPS) is 24.2. The van der Waals surface area contributed by atoms with E-state index in [2.05, 4.69) is 35.4 Å². The lowest BCUT2D eigenvalue weighted by atomic mass is 9.62. The largest absolute Gasteiger partial charge is 0.393 e. The minimum atomic E-state index is -0.189. The first-order valence-electron chi connectivity index (χ1n) is 10.7. The number of aliphatic hydroxyl groups excluding tert-OH is 1. The van der Waals surface area contributed by atoms with Crippen LogP contribution in [0.2, 0.25) is 0 Å².